The summed E-state index contributed by atoms with van der Waals surface area (Å²) >= 11 is 0. The Hall–Kier alpha value is -2.32. The van der Waals surface area contributed by atoms with Gasteiger partial charge in [-0.3, -0.25) is 0 Å². The summed E-state index contributed by atoms with van der Waals surface area (Å²) < 4.78 is 12.5. The third-order valence-corrected chi connectivity index (χ3v) is 12.1. The molecule has 1 aliphatic heterocycles. The van der Waals surface area contributed by atoms with Gasteiger partial charge in [-0.15, -0.1) is 0 Å². The summed E-state index contributed by atoms with van der Waals surface area (Å²) in [6, 6.07) is 7.46. The standard InChI is InChI=1S/C27H42N4O4Si/c1-25(2,3)34-24(32)31-18-21(35-36(7,8)26(4,5)6)15-20(31)16-27(33)14-13-19(17-29-30-28)22-11-9-10-12-23(22)27/h9-13,20-21,33H,14-18H2,1-8H3/t20-,21+,27?/m0/s1. The molecule has 1 aliphatic carbocycles. The fraction of sp³-hybridized carbons (Fsp3) is 0.667. The van der Waals surface area contributed by atoms with Crippen LogP contribution in [0, 0.1) is 0 Å². The Morgan fingerprint density at radius 2 is 1.92 bits per heavy atom. The second-order valence-electron chi connectivity index (χ2n) is 12.6. The third kappa shape index (κ3) is 6.32. The molecular formula is C27H42N4O4Si. The van der Waals surface area contributed by atoms with Crippen molar-refractivity contribution < 1.29 is 19.1 Å². The Bertz CT molecular complexity index is 1050. The molecule has 1 heterocycles. The first kappa shape index (κ1) is 28.3. The first-order valence-corrected chi connectivity index (χ1v) is 15.7. The van der Waals surface area contributed by atoms with Crippen LogP contribution in [0.4, 0.5) is 4.79 Å². The summed E-state index contributed by atoms with van der Waals surface area (Å²) in [6.07, 6.45) is 2.86. The van der Waals surface area contributed by atoms with E-state index in [4.69, 9.17) is 14.7 Å². The van der Waals surface area contributed by atoms with Crippen molar-refractivity contribution in [1.82, 2.24) is 4.90 Å². The predicted molar refractivity (Wildman–Crippen MR) is 145 cm³/mol. The normalized spacial score (nSPS) is 24.6. The van der Waals surface area contributed by atoms with Gasteiger partial charge in [0, 0.05) is 23.9 Å². The number of likely N-dealkylation sites (tertiary alicyclic amines) is 1. The Morgan fingerprint density at radius 1 is 1.25 bits per heavy atom. The van der Waals surface area contributed by atoms with E-state index in [-0.39, 0.29) is 29.8 Å². The van der Waals surface area contributed by atoms with E-state index < -0.39 is 19.5 Å². The topological polar surface area (TPSA) is 108 Å². The summed E-state index contributed by atoms with van der Waals surface area (Å²) in [4.78, 5) is 17.9. The van der Waals surface area contributed by atoms with Crippen molar-refractivity contribution in [3.8, 4) is 0 Å². The minimum atomic E-state index is -2.05. The lowest BCUT2D eigenvalue weighted by Gasteiger charge is -2.38. The van der Waals surface area contributed by atoms with E-state index in [2.05, 4.69) is 43.9 Å². The maximum Gasteiger partial charge on any atom is 0.410 e. The second-order valence-corrected chi connectivity index (χ2v) is 17.4. The SMILES string of the molecule is CC(C)(C)OC(=O)N1C[C@H](O[Si](C)(C)C(C)(C)C)C[C@H]1CC1(O)CC=C(CN=[N+]=[N-])c2ccccc21. The van der Waals surface area contributed by atoms with Gasteiger partial charge in [0.05, 0.1) is 18.2 Å². The molecule has 2 aliphatic rings. The zero-order valence-electron chi connectivity index (χ0n) is 23.0. The van der Waals surface area contributed by atoms with Gasteiger partial charge in [-0.1, -0.05) is 56.2 Å². The smallest absolute Gasteiger partial charge is 0.410 e. The first-order valence-electron chi connectivity index (χ1n) is 12.8. The predicted octanol–water partition coefficient (Wildman–Crippen LogP) is 6.76. The molecule has 0 saturated carbocycles. The van der Waals surface area contributed by atoms with Crippen LogP contribution in [0.2, 0.25) is 18.1 Å². The number of carbonyl (C=O) groups is 1. The molecule has 8 nitrogen and oxygen atoms in total. The molecule has 3 atom stereocenters. The van der Waals surface area contributed by atoms with E-state index in [0.29, 0.717) is 25.8 Å². The van der Waals surface area contributed by atoms with Crippen LogP contribution in [0.5, 0.6) is 0 Å². The minimum absolute atomic E-state index is 0.0510. The van der Waals surface area contributed by atoms with Crippen molar-refractivity contribution >= 4 is 20.0 Å². The van der Waals surface area contributed by atoms with Crippen LogP contribution in [0.1, 0.15) is 71.9 Å². The Labute approximate surface area is 216 Å². The average Bonchev–Trinajstić information content (AvgIpc) is 3.13. The van der Waals surface area contributed by atoms with Crippen LogP contribution in [0.3, 0.4) is 0 Å². The number of fused-ring (bicyclic) bond motifs is 1. The molecule has 0 spiro atoms. The molecule has 3 rings (SSSR count). The number of hydrogen-bond donors (Lipinski definition) is 1. The highest BCUT2D eigenvalue weighted by Gasteiger charge is 2.47. The van der Waals surface area contributed by atoms with E-state index in [1.807, 2.05) is 51.1 Å². The number of hydrogen-bond acceptors (Lipinski definition) is 5. The van der Waals surface area contributed by atoms with Crippen molar-refractivity contribution in [1.29, 1.82) is 0 Å². The molecule has 0 bridgehead atoms. The summed E-state index contributed by atoms with van der Waals surface area (Å²) in [7, 11) is -2.05. The van der Waals surface area contributed by atoms with Gasteiger partial charge in [-0.05, 0) is 74.0 Å². The minimum Gasteiger partial charge on any atom is -0.444 e. The molecule has 9 heteroatoms. The zero-order chi connectivity index (χ0) is 26.9. The molecule has 1 aromatic rings. The van der Waals surface area contributed by atoms with Gasteiger partial charge in [0.25, 0.3) is 0 Å². The first-order chi connectivity index (χ1) is 16.6. The molecule has 0 aromatic heterocycles. The number of aliphatic hydroxyl groups is 1. The number of nitrogens with zero attached hydrogens (tertiary/aromatic N) is 4. The molecule has 1 fully saturated rings. The number of rotatable bonds is 6. The fourth-order valence-electron chi connectivity index (χ4n) is 4.81. The van der Waals surface area contributed by atoms with Gasteiger partial charge in [-0.2, -0.15) is 0 Å². The van der Waals surface area contributed by atoms with Gasteiger partial charge in [0.15, 0.2) is 8.32 Å². The van der Waals surface area contributed by atoms with Gasteiger partial charge >= 0.3 is 6.09 Å². The largest absolute Gasteiger partial charge is 0.444 e. The lowest BCUT2D eigenvalue weighted by Crippen LogP contribution is -2.45. The third-order valence-electron chi connectivity index (χ3n) is 7.61. The Morgan fingerprint density at radius 3 is 2.53 bits per heavy atom. The van der Waals surface area contributed by atoms with Crippen molar-refractivity contribution in [2.45, 2.75) is 102 Å². The fourth-order valence-corrected chi connectivity index (χ4v) is 6.17. The number of carbonyl (C=O) groups excluding carboxylic acids is 1. The maximum atomic E-state index is 13.3. The molecule has 0 radical (unpaired) electrons. The molecule has 1 unspecified atom stereocenters. The van der Waals surface area contributed by atoms with Gasteiger partial charge in [-0.25, -0.2) is 4.79 Å². The van der Waals surface area contributed by atoms with E-state index >= 15 is 0 Å². The van der Waals surface area contributed by atoms with Crippen molar-refractivity contribution in [3.05, 3.63) is 51.9 Å². The van der Waals surface area contributed by atoms with Crippen molar-refractivity contribution in [3.63, 3.8) is 0 Å². The molecule has 1 saturated heterocycles. The van der Waals surface area contributed by atoms with E-state index in [9.17, 15) is 9.90 Å². The van der Waals surface area contributed by atoms with Crippen LogP contribution in [-0.2, 0) is 14.8 Å². The highest BCUT2D eigenvalue weighted by atomic mass is 28.4. The Kier molecular flexibility index (Phi) is 8.01. The van der Waals surface area contributed by atoms with Gasteiger partial charge in [0.1, 0.15) is 5.60 Å². The lowest BCUT2D eigenvalue weighted by molar-refractivity contribution is -0.00832. The van der Waals surface area contributed by atoms with Crippen LogP contribution < -0.4 is 0 Å². The lowest BCUT2D eigenvalue weighted by atomic mass is 9.76. The van der Waals surface area contributed by atoms with Crippen LogP contribution in [0.25, 0.3) is 16.0 Å². The zero-order valence-corrected chi connectivity index (χ0v) is 24.0. The molecule has 1 amide bonds. The molecule has 36 heavy (non-hydrogen) atoms. The number of azide groups is 1. The summed E-state index contributed by atoms with van der Waals surface area (Å²) in [5.74, 6) is 0. The summed E-state index contributed by atoms with van der Waals surface area (Å²) in [5.41, 5.74) is 9.59. The average molecular weight is 515 g/mol. The second kappa shape index (κ2) is 10.2. The highest BCUT2D eigenvalue weighted by molar-refractivity contribution is 6.74. The van der Waals surface area contributed by atoms with E-state index in [1.54, 1.807) is 4.90 Å². The van der Waals surface area contributed by atoms with E-state index in [1.165, 1.54) is 0 Å². The molecule has 198 valence electrons. The summed E-state index contributed by atoms with van der Waals surface area (Å²) in [5, 5.41) is 15.7. The van der Waals surface area contributed by atoms with Crippen LogP contribution in [-0.4, -0.2) is 55.3 Å². The molecule has 1 N–H and O–H groups in total. The van der Waals surface area contributed by atoms with Crippen molar-refractivity contribution in [2.24, 2.45) is 5.11 Å². The molecule has 1 aromatic carbocycles. The van der Waals surface area contributed by atoms with E-state index in [0.717, 1.165) is 16.7 Å². The number of amides is 1. The number of ether oxygens (including phenoxy) is 1. The van der Waals surface area contributed by atoms with Gasteiger partial charge < -0.3 is 19.2 Å². The monoisotopic (exact) mass is 514 g/mol. The summed E-state index contributed by atoms with van der Waals surface area (Å²) in [6.45, 7) is 17.3. The van der Waals surface area contributed by atoms with Crippen LogP contribution in [0.15, 0.2) is 35.5 Å². The van der Waals surface area contributed by atoms with Gasteiger partial charge in [0.2, 0.25) is 0 Å². The van der Waals surface area contributed by atoms with Crippen LogP contribution >= 0.6 is 0 Å². The highest BCUT2D eigenvalue weighted by Crippen LogP contribution is 2.44. The van der Waals surface area contributed by atoms with Crippen molar-refractivity contribution in [2.75, 3.05) is 13.1 Å². The maximum absolute atomic E-state index is 13.3. The Balaban J connectivity index is 1.90. The molecular weight excluding hydrogens is 472 g/mol. The quantitative estimate of drug-likeness (QED) is 0.196. The number of benzene rings is 1.